The Labute approximate surface area is 155 Å². The van der Waals surface area contributed by atoms with E-state index in [2.05, 4.69) is 25.5 Å². The lowest BCUT2D eigenvalue weighted by Crippen LogP contribution is -2.37. The molecule has 3 heterocycles. The van der Waals surface area contributed by atoms with E-state index in [0.717, 1.165) is 17.1 Å². The number of carbonyl (C=O) groups excluding carboxylic acids is 1. The zero-order chi connectivity index (χ0) is 19.0. The van der Waals surface area contributed by atoms with Gasteiger partial charge < -0.3 is 14.9 Å². The van der Waals surface area contributed by atoms with Crippen LogP contribution >= 0.6 is 0 Å². The van der Waals surface area contributed by atoms with E-state index in [-0.39, 0.29) is 17.2 Å². The van der Waals surface area contributed by atoms with Crippen molar-refractivity contribution >= 4 is 11.7 Å². The van der Waals surface area contributed by atoms with Gasteiger partial charge in [-0.1, -0.05) is 0 Å². The number of tetrazole rings is 1. The maximum atomic E-state index is 12.9. The van der Waals surface area contributed by atoms with E-state index in [1.807, 2.05) is 19.0 Å². The number of benzene rings is 1. The lowest BCUT2D eigenvalue weighted by molar-refractivity contribution is 0.0728. The number of amides is 1. The Morgan fingerprint density at radius 3 is 2.81 bits per heavy atom. The highest BCUT2D eigenvalue weighted by molar-refractivity contribution is 5.97. The first kappa shape index (κ1) is 16.9. The fraction of sp³-hybridized carbons (Fsp3) is 0.294. The number of hydrogen-bond donors (Lipinski definition) is 1. The number of anilines is 1. The molecule has 0 unspecified atom stereocenters. The van der Waals surface area contributed by atoms with E-state index in [9.17, 15) is 9.90 Å². The van der Waals surface area contributed by atoms with Crippen molar-refractivity contribution in [1.82, 2.24) is 35.1 Å². The zero-order valence-corrected chi connectivity index (χ0v) is 14.9. The quantitative estimate of drug-likeness (QED) is 0.710. The molecule has 0 saturated heterocycles. The minimum Gasteiger partial charge on any atom is -0.507 e. The highest BCUT2D eigenvalue weighted by Gasteiger charge is 2.27. The van der Waals surface area contributed by atoms with Crippen molar-refractivity contribution < 1.29 is 9.90 Å². The van der Waals surface area contributed by atoms with Crippen LogP contribution in [0.4, 0.5) is 5.82 Å². The summed E-state index contributed by atoms with van der Waals surface area (Å²) < 4.78 is 1.41. The van der Waals surface area contributed by atoms with E-state index in [1.165, 1.54) is 23.4 Å². The molecule has 1 aromatic carbocycles. The number of phenols is 1. The van der Waals surface area contributed by atoms with Crippen molar-refractivity contribution in [3.05, 3.63) is 47.7 Å². The fourth-order valence-electron chi connectivity index (χ4n) is 3.19. The van der Waals surface area contributed by atoms with Crippen molar-refractivity contribution in [3.63, 3.8) is 0 Å². The van der Waals surface area contributed by atoms with Gasteiger partial charge in [-0.15, -0.1) is 5.10 Å². The van der Waals surface area contributed by atoms with Crippen LogP contribution in [0.15, 0.2) is 30.9 Å². The predicted molar refractivity (Wildman–Crippen MR) is 95.6 cm³/mol. The molecular weight excluding hydrogens is 348 g/mol. The van der Waals surface area contributed by atoms with Gasteiger partial charge in [0.15, 0.2) is 0 Å². The molecule has 138 valence electrons. The summed E-state index contributed by atoms with van der Waals surface area (Å²) >= 11 is 0. The minimum absolute atomic E-state index is 0.115. The Kier molecular flexibility index (Phi) is 4.15. The van der Waals surface area contributed by atoms with Crippen molar-refractivity contribution in [2.75, 3.05) is 25.5 Å². The molecule has 0 fully saturated rings. The topological polar surface area (TPSA) is 113 Å². The van der Waals surface area contributed by atoms with Crippen LogP contribution < -0.4 is 4.90 Å². The molecule has 1 N–H and O–H groups in total. The molecule has 0 spiro atoms. The Morgan fingerprint density at radius 1 is 1.26 bits per heavy atom. The van der Waals surface area contributed by atoms with Crippen LogP contribution in [0.5, 0.6) is 5.75 Å². The van der Waals surface area contributed by atoms with Crippen LogP contribution in [0.1, 0.15) is 21.6 Å². The van der Waals surface area contributed by atoms with Crippen LogP contribution in [0.25, 0.3) is 5.69 Å². The molecule has 10 heteroatoms. The van der Waals surface area contributed by atoms with Gasteiger partial charge in [-0.2, -0.15) is 0 Å². The number of aromatic hydroxyl groups is 1. The van der Waals surface area contributed by atoms with E-state index >= 15 is 0 Å². The highest BCUT2D eigenvalue weighted by Crippen LogP contribution is 2.27. The van der Waals surface area contributed by atoms with E-state index in [4.69, 9.17) is 0 Å². The molecule has 0 radical (unpaired) electrons. The van der Waals surface area contributed by atoms with Crippen LogP contribution in [0.2, 0.25) is 0 Å². The summed E-state index contributed by atoms with van der Waals surface area (Å²) in [6.45, 7) is 0.917. The first-order chi connectivity index (χ1) is 13.0. The van der Waals surface area contributed by atoms with Crippen LogP contribution in [0, 0.1) is 0 Å². The van der Waals surface area contributed by atoms with E-state index in [1.54, 1.807) is 17.0 Å². The summed E-state index contributed by atoms with van der Waals surface area (Å²) in [5, 5.41) is 21.2. The van der Waals surface area contributed by atoms with Crippen molar-refractivity contribution in [1.29, 1.82) is 0 Å². The monoisotopic (exact) mass is 366 g/mol. The van der Waals surface area contributed by atoms with E-state index < -0.39 is 0 Å². The Balaban J connectivity index is 1.58. The molecule has 1 amide bonds. The Bertz CT molecular complexity index is 987. The second-order valence-electron chi connectivity index (χ2n) is 6.45. The molecule has 2 aromatic heterocycles. The van der Waals surface area contributed by atoms with Gasteiger partial charge in [0, 0.05) is 32.3 Å². The molecule has 3 aromatic rings. The second-order valence-corrected chi connectivity index (χ2v) is 6.45. The highest BCUT2D eigenvalue weighted by atomic mass is 16.3. The van der Waals surface area contributed by atoms with Crippen LogP contribution in [0.3, 0.4) is 0 Å². The van der Waals surface area contributed by atoms with Crippen molar-refractivity contribution in [2.45, 2.75) is 13.0 Å². The molecule has 27 heavy (non-hydrogen) atoms. The third-order valence-electron chi connectivity index (χ3n) is 4.52. The molecule has 0 atom stereocenters. The number of phenolic OH excluding ortho intramolecular Hbond substituents is 1. The minimum atomic E-state index is -0.244. The third-order valence-corrected chi connectivity index (χ3v) is 4.52. The van der Waals surface area contributed by atoms with Gasteiger partial charge >= 0.3 is 0 Å². The largest absolute Gasteiger partial charge is 0.507 e. The summed E-state index contributed by atoms with van der Waals surface area (Å²) in [4.78, 5) is 25.2. The summed E-state index contributed by atoms with van der Waals surface area (Å²) in [7, 11) is 3.87. The Morgan fingerprint density at radius 2 is 2.11 bits per heavy atom. The van der Waals surface area contributed by atoms with Gasteiger partial charge in [0.2, 0.25) is 0 Å². The Hall–Kier alpha value is -3.56. The smallest absolute Gasteiger partial charge is 0.257 e. The predicted octanol–water partition coefficient (Wildman–Crippen LogP) is 0.422. The van der Waals surface area contributed by atoms with E-state index in [0.29, 0.717) is 25.2 Å². The average Bonchev–Trinajstić information content (AvgIpc) is 3.21. The number of fused-ring (bicyclic) bond motifs is 1. The number of carbonyl (C=O) groups is 1. The van der Waals surface area contributed by atoms with Crippen LogP contribution in [-0.4, -0.2) is 66.7 Å². The number of rotatable bonds is 3. The first-order valence-corrected chi connectivity index (χ1v) is 8.40. The SMILES string of the molecule is CN(C)c1ncnc2c1CCN(C(=O)c1ccc(-n3cnnn3)cc1O)C2. The van der Waals surface area contributed by atoms with Crippen LogP contribution in [-0.2, 0) is 13.0 Å². The summed E-state index contributed by atoms with van der Waals surface area (Å²) in [6.07, 6.45) is 3.60. The van der Waals surface area contributed by atoms with Crippen molar-refractivity contribution in [2.24, 2.45) is 0 Å². The first-order valence-electron chi connectivity index (χ1n) is 8.40. The lowest BCUT2D eigenvalue weighted by Gasteiger charge is -2.30. The molecule has 1 aliphatic rings. The van der Waals surface area contributed by atoms with Crippen molar-refractivity contribution in [3.8, 4) is 11.4 Å². The summed E-state index contributed by atoms with van der Waals surface area (Å²) in [6, 6.07) is 4.73. The van der Waals surface area contributed by atoms with Gasteiger partial charge in [-0.25, -0.2) is 14.6 Å². The maximum Gasteiger partial charge on any atom is 0.257 e. The second kappa shape index (κ2) is 6.63. The fourth-order valence-corrected chi connectivity index (χ4v) is 3.19. The van der Waals surface area contributed by atoms with Gasteiger partial charge in [-0.3, -0.25) is 4.79 Å². The molecule has 1 aliphatic heterocycles. The van der Waals surface area contributed by atoms with Gasteiger partial charge in [0.05, 0.1) is 23.5 Å². The summed E-state index contributed by atoms with van der Waals surface area (Å²) in [5.74, 6) is 0.516. The lowest BCUT2D eigenvalue weighted by atomic mass is 10.0. The zero-order valence-electron chi connectivity index (χ0n) is 14.9. The molecule has 4 rings (SSSR count). The maximum absolute atomic E-state index is 12.9. The average molecular weight is 366 g/mol. The molecular formula is C17H18N8O2. The van der Waals surface area contributed by atoms with Gasteiger partial charge in [0.1, 0.15) is 24.2 Å². The molecule has 0 saturated carbocycles. The van der Waals surface area contributed by atoms with Gasteiger partial charge in [-0.05, 0) is 29.0 Å². The molecule has 10 nitrogen and oxygen atoms in total. The summed E-state index contributed by atoms with van der Waals surface area (Å²) in [5.41, 5.74) is 2.70. The molecule has 0 aliphatic carbocycles. The number of hydrogen-bond acceptors (Lipinski definition) is 8. The number of aromatic nitrogens is 6. The third kappa shape index (κ3) is 3.05. The van der Waals surface area contributed by atoms with Gasteiger partial charge in [0.25, 0.3) is 5.91 Å². The number of nitrogens with zero attached hydrogens (tertiary/aromatic N) is 8. The molecule has 0 bridgehead atoms. The standard InChI is InChI=1S/C17H18N8O2/c1-23(2)16-12-5-6-24(8-14(12)18-9-19-16)17(27)13-4-3-11(7-15(13)26)25-10-20-21-22-25/h3-4,7,9-10,26H,5-6,8H2,1-2H3. The normalized spacial score (nSPS) is 13.3.